The minimum absolute atomic E-state index is 0.0332. The van der Waals surface area contributed by atoms with Crippen LogP contribution < -0.4 is 10.6 Å². The second kappa shape index (κ2) is 7.65. The Balaban J connectivity index is 1.79. The van der Waals surface area contributed by atoms with E-state index >= 15 is 0 Å². The highest BCUT2D eigenvalue weighted by Gasteiger charge is 2.18. The molecular weight excluding hydrogens is 328 g/mol. The molecule has 2 aromatic heterocycles. The van der Waals surface area contributed by atoms with Crippen LogP contribution in [0.5, 0.6) is 0 Å². The van der Waals surface area contributed by atoms with Crippen molar-refractivity contribution in [3.63, 3.8) is 0 Å². The van der Waals surface area contributed by atoms with E-state index in [1.54, 1.807) is 50.0 Å². The van der Waals surface area contributed by atoms with Crippen molar-refractivity contribution in [2.75, 3.05) is 6.61 Å². The van der Waals surface area contributed by atoms with E-state index in [-0.39, 0.29) is 5.76 Å². The molecule has 2 aromatic rings. The van der Waals surface area contributed by atoms with Crippen molar-refractivity contribution in [2.45, 2.75) is 32.9 Å². The first-order valence-corrected chi connectivity index (χ1v) is 7.58. The van der Waals surface area contributed by atoms with E-state index in [0.717, 1.165) is 0 Å². The number of carbonyl (C=O) groups excluding carboxylic acids is 3. The minimum atomic E-state index is -0.793. The molecule has 2 rings (SSSR count). The van der Waals surface area contributed by atoms with E-state index in [0.29, 0.717) is 12.3 Å². The second-order valence-corrected chi connectivity index (χ2v) is 6.30. The smallest absolute Gasteiger partial charge is 0.374 e. The normalized spacial score (nSPS) is 11.0. The molecule has 9 heteroatoms. The van der Waals surface area contributed by atoms with Gasteiger partial charge in [-0.1, -0.05) is 0 Å². The molecule has 0 saturated carbocycles. The van der Waals surface area contributed by atoms with Gasteiger partial charge in [-0.05, 0) is 39.0 Å². The van der Waals surface area contributed by atoms with Crippen LogP contribution in [0.25, 0.3) is 0 Å². The number of imide groups is 1. The molecule has 2 heterocycles. The van der Waals surface area contributed by atoms with Gasteiger partial charge in [0.25, 0.3) is 5.91 Å². The maximum Gasteiger partial charge on any atom is 0.374 e. The summed E-state index contributed by atoms with van der Waals surface area (Å²) in [7, 11) is 0. The predicted molar refractivity (Wildman–Crippen MR) is 86.7 cm³/mol. The van der Waals surface area contributed by atoms with Gasteiger partial charge in [0.2, 0.25) is 5.76 Å². The Kier molecular flexibility index (Phi) is 5.58. The zero-order chi connectivity index (χ0) is 18.4. The Morgan fingerprint density at radius 2 is 2.04 bits per heavy atom. The lowest BCUT2D eigenvalue weighted by molar-refractivity contribution is -0.123. The van der Waals surface area contributed by atoms with E-state index in [1.807, 2.05) is 0 Å². The Bertz CT molecular complexity index is 743. The molecule has 0 aliphatic rings. The number of esters is 1. The van der Waals surface area contributed by atoms with Gasteiger partial charge < -0.3 is 14.5 Å². The minimum Gasteiger partial charge on any atom is -0.452 e. The molecule has 0 saturated heterocycles. The van der Waals surface area contributed by atoms with E-state index in [9.17, 15) is 14.4 Å². The first-order chi connectivity index (χ1) is 11.7. The molecule has 0 fully saturated rings. The Morgan fingerprint density at radius 3 is 2.68 bits per heavy atom. The van der Waals surface area contributed by atoms with Gasteiger partial charge in [-0.2, -0.15) is 5.10 Å². The number of hydrogen-bond acceptors (Lipinski definition) is 6. The number of carbonyl (C=O) groups is 3. The number of ether oxygens (including phenoxy) is 1. The van der Waals surface area contributed by atoms with Crippen LogP contribution in [0.3, 0.4) is 0 Å². The van der Waals surface area contributed by atoms with Crippen molar-refractivity contribution in [1.82, 2.24) is 20.4 Å². The van der Waals surface area contributed by atoms with Crippen molar-refractivity contribution < 1.29 is 23.5 Å². The molecule has 0 atom stereocenters. The van der Waals surface area contributed by atoms with Crippen LogP contribution >= 0.6 is 0 Å². The van der Waals surface area contributed by atoms with Gasteiger partial charge in [0, 0.05) is 17.9 Å². The highest BCUT2D eigenvalue weighted by Crippen LogP contribution is 2.10. The summed E-state index contributed by atoms with van der Waals surface area (Å²) >= 11 is 0. The molecule has 0 aliphatic carbocycles. The Hall–Kier alpha value is -3.10. The van der Waals surface area contributed by atoms with E-state index in [2.05, 4.69) is 15.7 Å². The van der Waals surface area contributed by atoms with Crippen molar-refractivity contribution in [3.8, 4) is 0 Å². The highest BCUT2D eigenvalue weighted by atomic mass is 16.5. The molecule has 0 bridgehead atoms. The number of hydrogen-bond donors (Lipinski definition) is 2. The van der Waals surface area contributed by atoms with Gasteiger partial charge >= 0.3 is 12.0 Å². The van der Waals surface area contributed by atoms with Crippen LogP contribution in [0.4, 0.5) is 4.79 Å². The molecule has 0 aliphatic heterocycles. The average molecular weight is 348 g/mol. The number of nitrogens with zero attached hydrogens (tertiary/aromatic N) is 2. The number of urea groups is 1. The molecule has 0 unspecified atom stereocenters. The molecule has 9 nitrogen and oxygen atoms in total. The summed E-state index contributed by atoms with van der Waals surface area (Å²) in [5.41, 5.74) is -0.486. The second-order valence-electron chi connectivity index (χ2n) is 6.30. The lowest BCUT2D eigenvalue weighted by Crippen LogP contribution is -2.49. The summed E-state index contributed by atoms with van der Waals surface area (Å²) < 4.78 is 11.8. The van der Waals surface area contributed by atoms with Gasteiger partial charge in [-0.3, -0.25) is 14.8 Å². The first-order valence-electron chi connectivity index (χ1n) is 7.58. The molecule has 3 amide bonds. The lowest BCUT2D eigenvalue weighted by atomic mass is 10.1. The van der Waals surface area contributed by atoms with Crippen molar-refractivity contribution >= 4 is 17.9 Å². The molecule has 0 spiro atoms. The van der Waals surface area contributed by atoms with Gasteiger partial charge in [-0.15, -0.1) is 0 Å². The summed E-state index contributed by atoms with van der Waals surface area (Å²) in [6.07, 6.45) is 3.39. The van der Waals surface area contributed by atoms with Crippen LogP contribution in [0.2, 0.25) is 0 Å². The number of aromatic nitrogens is 2. The third-order valence-electron chi connectivity index (χ3n) is 2.82. The molecule has 134 valence electrons. The van der Waals surface area contributed by atoms with Crippen LogP contribution in [-0.2, 0) is 16.1 Å². The number of rotatable bonds is 5. The standard InChI is InChI=1S/C16H20N4O5/c1-16(2,3)19-15(23)18-13(21)10-24-14(22)12-6-5-11(25-12)9-20-8-4-7-17-20/h4-8H,9-10H2,1-3H3,(H2,18,19,21,23). The van der Waals surface area contributed by atoms with Crippen LogP contribution in [0.1, 0.15) is 37.1 Å². The molecular formula is C16H20N4O5. The van der Waals surface area contributed by atoms with Gasteiger partial charge in [-0.25, -0.2) is 9.59 Å². The topological polar surface area (TPSA) is 115 Å². The maximum atomic E-state index is 11.9. The summed E-state index contributed by atoms with van der Waals surface area (Å²) in [5, 5.41) is 8.65. The zero-order valence-corrected chi connectivity index (χ0v) is 14.2. The number of furan rings is 1. The number of amides is 3. The number of nitrogens with one attached hydrogen (secondary N) is 2. The fourth-order valence-corrected chi connectivity index (χ4v) is 1.86. The molecule has 0 aromatic carbocycles. The zero-order valence-electron chi connectivity index (χ0n) is 14.2. The fourth-order valence-electron chi connectivity index (χ4n) is 1.86. The van der Waals surface area contributed by atoms with E-state index in [1.165, 1.54) is 6.07 Å². The summed E-state index contributed by atoms with van der Waals surface area (Å²) in [6.45, 7) is 5.10. The molecule has 2 N–H and O–H groups in total. The predicted octanol–water partition coefficient (Wildman–Crippen LogP) is 1.31. The average Bonchev–Trinajstić information content (AvgIpc) is 3.15. The third kappa shape index (κ3) is 6.13. The lowest BCUT2D eigenvalue weighted by Gasteiger charge is -2.20. The van der Waals surface area contributed by atoms with E-state index in [4.69, 9.17) is 9.15 Å². The Labute approximate surface area is 144 Å². The van der Waals surface area contributed by atoms with Crippen LogP contribution in [-0.4, -0.2) is 39.8 Å². The summed E-state index contributed by atoms with van der Waals surface area (Å²) in [5.74, 6) is -1.05. The van der Waals surface area contributed by atoms with Crippen molar-refractivity contribution in [3.05, 3.63) is 42.1 Å². The van der Waals surface area contributed by atoms with Gasteiger partial charge in [0.15, 0.2) is 6.61 Å². The maximum absolute atomic E-state index is 11.9. The fraction of sp³-hybridized carbons (Fsp3) is 0.375. The SMILES string of the molecule is CC(C)(C)NC(=O)NC(=O)COC(=O)c1ccc(Cn2cccn2)o1. The highest BCUT2D eigenvalue weighted by molar-refractivity contribution is 5.96. The quantitative estimate of drug-likeness (QED) is 0.787. The summed E-state index contributed by atoms with van der Waals surface area (Å²) in [6, 6.07) is 4.18. The van der Waals surface area contributed by atoms with Gasteiger partial charge in [0.05, 0.1) is 6.54 Å². The molecule has 25 heavy (non-hydrogen) atoms. The largest absolute Gasteiger partial charge is 0.452 e. The van der Waals surface area contributed by atoms with Crippen LogP contribution in [0, 0.1) is 0 Å². The third-order valence-corrected chi connectivity index (χ3v) is 2.82. The van der Waals surface area contributed by atoms with Crippen molar-refractivity contribution in [1.29, 1.82) is 0 Å². The van der Waals surface area contributed by atoms with Crippen molar-refractivity contribution in [2.24, 2.45) is 0 Å². The first kappa shape index (κ1) is 18.2. The van der Waals surface area contributed by atoms with Crippen LogP contribution in [0.15, 0.2) is 35.0 Å². The van der Waals surface area contributed by atoms with Gasteiger partial charge in [0.1, 0.15) is 5.76 Å². The summed E-state index contributed by atoms with van der Waals surface area (Å²) in [4.78, 5) is 35.0. The monoisotopic (exact) mass is 348 g/mol. The van der Waals surface area contributed by atoms with E-state index < -0.39 is 30.1 Å². The molecule has 0 radical (unpaired) electrons. The Morgan fingerprint density at radius 1 is 1.28 bits per heavy atom.